The Balaban J connectivity index is 0.00000264. The van der Waals surface area contributed by atoms with Crippen LogP contribution >= 0.6 is 12.4 Å². The van der Waals surface area contributed by atoms with Crippen molar-refractivity contribution in [3.63, 3.8) is 0 Å². The van der Waals surface area contributed by atoms with Crippen molar-refractivity contribution in [2.24, 2.45) is 0 Å². The maximum atomic E-state index is 12.3. The molecule has 1 heterocycles. The molecule has 7 heteroatoms. The van der Waals surface area contributed by atoms with Crippen molar-refractivity contribution in [3.8, 4) is 0 Å². The summed E-state index contributed by atoms with van der Waals surface area (Å²) >= 11 is 0. The lowest BCUT2D eigenvalue weighted by molar-refractivity contribution is 0.199. The maximum Gasteiger partial charge on any atom is 0.242 e. The van der Waals surface area contributed by atoms with Gasteiger partial charge in [-0.1, -0.05) is 19.1 Å². The van der Waals surface area contributed by atoms with Crippen molar-refractivity contribution < 1.29 is 8.42 Å². The molecule has 1 N–H and O–H groups in total. The van der Waals surface area contributed by atoms with Gasteiger partial charge in [-0.25, -0.2) is 12.7 Å². The molecule has 0 bridgehead atoms. The fourth-order valence-corrected chi connectivity index (χ4v) is 3.85. The fourth-order valence-electron chi connectivity index (χ4n) is 2.88. The Kier molecular flexibility index (Phi) is 7.97. The van der Waals surface area contributed by atoms with Gasteiger partial charge in [0.25, 0.3) is 0 Å². The van der Waals surface area contributed by atoms with Gasteiger partial charge in [-0.3, -0.25) is 4.90 Å². The van der Waals surface area contributed by atoms with E-state index >= 15 is 0 Å². The summed E-state index contributed by atoms with van der Waals surface area (Å²) < 4.78 is 25.8. The average Bonchev–Trinajstić information content (AvgIpc) is 3.01. The minimum absolute atomic E-state index is 0. The van der Waals surface area contributed by atoms with Crippen molar-refractivity contribution in [1.29, 1.82) is 0 Å². The Morgan fingerprint density at radius 1 is 1.30 bits per heavy atom. The first-order valence-corrected chi connectivity index (χ1v) is 9.35. The lowest BCUT2D eigenvalue weighted by Gasteiger charge is -2.28. The molecule has 2 rings (SSSR count). The minimum Gasteiger partial charge on any atom is -0.315 e. The molecule has 1 atom stereocenters. The normalized spacial score (nSPS) is 18.4. The first-order valence-electron chi connectivity index (χ1n) is 7.91. The highest BCUT2D eigenvalue weighted by molar-refractivity contribution is 7.89. The molecule has 1 aliphatic heterocycles. The molecule has 1 aromatic rings. The van der Waals surface area contributed by atoms with Crippen LogP contribution in [0.3, 0.4) is 0 Å². The van der Waals surface area contributed by atoms with E-state index < -0.39 is 10.0 Å². The molecule has 0 saturated carbocycles. The van der Waals surface area contributed by atoms with E-state index in [1.54, 1.807) is 26.2 Å². The molecule has 0 aromatic heterocycles. The summed E-state index contributed by atoms with van der Waals surface area (Å²) in [6.45, 7) is 6.12. The second kappa shape index (κ2) is 8.99. The van der Waals surface area contributed by atoms with Crippen LogP contribution in [0.5, 0.6) is 0 Å². The molecule has 1 unspecified atom stereocenters. The van der Waals surface area contributed by atoms with Crippen LogP contribution < -0.4 is 5.32 Å². The zero-order chi connectivity index (χ0) is 16.2. The molecule has 0 aliphatic carbocycles. The molecule has 1 fully saturated rings. The summed E-state index contributed by atoms with van der Waals surface area (Å²) in [5.41, 5.74) is 1.06. The third kappa shape index (κ3) is 5.16. The maximum absolute atomic E-state index is 12.3. The van der Waals surface area contributed by atoms with Crippen molar-refractivity contribution in [2.75, 3.05) is 33.7 Å². The van der Waals surface area contributed by atoms with E-state index in [1.165, 1.54) is 4.31 Å². The molecule has 5 nitrogen and oxygen atoms in total. The SMILES string of the molecule is CCCN(Cc1cccc(S(=O)(=O)N(C)C)c1)C1CCNC1.Cl. The van der Waals surface area contributed by atoms with Gasteiger partial charge in [0.2, 0.25) is 10.0 Å². The number of nitrogens with zero attached hydrogens (tertiary/aromatic N) is 2. The van der Waals surface area contributed by atoms with Crippen LogP contribution in [0.4, 0.5) is 0 Å². The second-order valence-electron chi connectivity index (χ2n) is 6.05. The van der Waals surface area contributed by atoms with Crippen LogP contribution in [0.1, 0.15) is 25.3 Å². The predicted octanol–water partition coefficient (Wildman–Crippen LogP) is 1.93. The van der Waals surface area contributed by atoms with Gasteiger partial charge in [-0.15, -0.1) is 12.4 Å². The van der Waals surface area contributed by atoms with Crippen LogP contribution in [-0.4, -0.2) is 57.4 Å². The Morgan fingerprint density at radius 3 is 2.61 bits per heavy atom. The summed E-state index contributed by atoms with van der Waals surface area (Å²) in [5.74, 6) is 0. The average molecular weight is 362 g/mol. The lowest BCUT2D eigenvalue weighted by Crippen LogP contribution is -2.37. The van der Waals surface area contributed by atoms with Crippen LogP contribution in [0.25, 0.3) is 0 Å². The van der Waals surface area contributed by atoms with Gasteiger partial charge in [-0.05, 0) is 43.6 Å². The second-order valence-corrected chi connectivity index (χ2v) is 8.20. The number of halogens is 1. The van der Waals surface area contributed by atoms with Crippen LogP contribution in [0.15, 0.2) is 29.2 Å². The van der Waals surface area contributed by atoms with Crippen molar-refractivity contribution in [2.45, 2.75) is 37.2 Å². The first-order chi connectivity index (χ1) is 10.4. The monoisotopic (exact) mass is 361 g/mol. The molecule has 1 aliphatic rings. The highest BCUT2D eigenvalue weighted by Gasteiger charge is 2.22. The zero-order valence-corrected chi connectivity index (χ0v) is 15.8. The summed E-state index contributed by atoms with van der Waals surface area (Å²) in [6.07, 6.45) is 2.27. The summed E-state index contributed by atoms with van der Waals surface area (Å²) in [6, 6.07) is 7.87. The van der Waals surface area contributed by atoms with Gasteiger partial charge in [-0.2, -0.15) is 0 Å². The predicted molar refractivity (Wildman–Crippen MR) is 96.5 cm³/mol. The number of hydrogen-bond acceptors (Lipinski definition) is 4. The Morgan fingerprint density at radius 2 is 2.04 bits per heavy atom. The molecule has 1 saturated heterocycles. The number of rotatable bonds is 7. The molecule has 23 heavy (non-hydrogen) atoms. The quantitative estimate of drug-likeness (QED) is 0.806. The molecule has 0 amide bonds. The van der Waals surface area contributed by atoms with Gasteiger partial charge in [0.15, 0.2) is 0 Å². The summed E-state index contributed by atoms with van der Waals surface area (Å²) in [5, 5.41) is 3.40. The van der Waals surface area contributed by atoms with E-state index in [0.29, 0.717) is 10.9 Å². The summed E-state index contributed by atoms with van der Waals surface area (Å²) in [4.78, 5) is 2.83. The fraction of sp³-hybridized carbons (Fsp3) is 0.625. The van der Waals surface area contributed by atoms with Crippen LogP contribution in [0.2, 0.25) is 0 Å². The standard InChI is InChI=1S/C16H27N3O2S.ClH/c1-4-10-19(15-8-9-17-12-15)13-14-6-5-7-16(11-14)22(20,21)18(2)3;/h5-7,11,15,17H,4,8-10,12-13H2,1-3H3;1H. The van der Waals surface area contributed by atoms with E-state index in [4.69, 9.17) is 0 Å². The number of sulfonamides is 1. The molecule has 1 aromatic carbocycles. The topological polar surface area (TPSA) is 52.7 Å². The molecule has 132 valence electrons. The smallest absolute Gasteiger partial charge is 0.242 e. The van der Waals surface area contributed by atoms with Gasteiger partial charge in [0, 0.05) is 33.2 Å². The molecule has 0 spiro atoms. The van der Waals surface area contributed by atoms with Crippen molar-refractivity contribution in [1.82, 2.24) is 14.5 Å². The van der Waals surface area contributed by atoms with Gasteiger partial charge in [0.05, 0.1) is 4.90 Å². The number of benzene rings is 1. The third-order valence-corrected chi connectivity index (χ3v) is 5.94. The first kappa shape index (κ1) is 20.4. The van der Waals surface area contributed by atoms with Crippen molar-refractivity contribution >= 4 is 22.4 Å². The third-order valence-electron chi connectivity index (χ3n) is 4.12. The van der Waals surface area contributed by atoms with Gasteiger partial charge in [0.1, 0.15) is 0 Å². The Hall–Kier alpha value is -0.660. The highest BCUT2D eigenvalue weighted by atomic mass is 35.5. The van der Waals surface area contributed by atoms with Crippen LogP contribution in [-0.2, 0) is 16.6 Å². The van der Waals surface area contributed by atoms with Gasteiger partial charge >= 0.3 is 0 Å². The minimum atomic E-state index is -3.36. The Labute approximate surface area is 146 Å². The van der Waals surface area contributed by atoms with E-state index in [9.17, 15) is 8.42 Å². The largest absolute Gasteiger partial charge is 0.315 e. The van der Waals surface area contributed by atoms with E-state index in [2.05, 4.69) is 17.1 Å². The molecular weight excluding hydrogens is 334 g/mol. The van der Waals surface area contributed by atoms with Crippen molar-refractivity contribution in [3.05, 3.63) is 29.8 Å². The Bertz CT molecular complexity index is 587. The van der Waals surface area contributed by atoms with E-state index in [-0.39, 0.29) is 12.4 Å². The van der Waals surface area contributed by atoms with E-state index in [0.717, 1.165) is 44.6 Å². The highest BCUT2D eigenvalue weighted by Crippen LogP contribution is 2.18. The van der Waals surface area contributed by atoms with Crippen LogP contribution in [0, 0.1) is 0 Å². The molecule has 0 radical (unpaired) electrons. The number of hydrogen-bond donors (Lipinski definition) is 1. The lowest BCUT2D eigenvalue weighted by atomic mass is 10.1. The summed E-state index contributed by atoms with van der Waals surface area (Å²) in [7, 11) is -0.234. The molecular formula is C16H28ClN3O2S. The van der Waals surface area contributed by atoms with Gasteiger partial charge < -0.3 is 5.32 Å². The van der Waals surface area contributed by atoms with E-state index in [1.807, 2.05) is 12.1 Å². The zero-order valence-electron chi connectivity index (χ0n) is 14.2. The number of nitrogens with one attached hydrogen (secondary N) is 1.